The number of rotatable bonds is 6. The van der Waals surface area contributed by atoms with Crippen LogP contribution in [0.4, 0.5) is 0 Å². The highest BCUT2D eigenvalue weighted by molar-refractivity contribution is 7.89. The molecule has 2 rings (SSSR count). The van der Waals surface area contributed by atoms with Gasteiger partial charge in [-0.05, 0) is 27.7 Å². The van der Waals surface area contributed by atoms with Crippen molar-refractivity contribution in [3.05, 3.63) is 17.0 Å². The van der Waals surface area contributed by atoms with Crippen molar-refractivity contribution in [2.75, 3.05) is 25.4 Å². The van der Waals surface area contributed by atoms with Crippen LogP contribution < -0.4 is 5.32 Å². The molecule has 0 spiro atoms. The van der Waals surface area contributed by atoms with Crippen LogP contribution in [0, 0.1) is 13.8 Å². The van der Waals surface area contributed by atoms with Crippen LogP contribution >= 0.6 is 0 Å². The number of aromatic amines is 1. The highest BCUT2D eigenvalue weighted by Crippen LogP contribution is 2.14. The van der Waals surface area contributed by atoms with Crippen LogP contribution in [-0.2, 0) is 21.3 Å². The number of H-pyrrole nitrogens is 1. The highest BCUT2D eigenvalue weighted by Gasteiger charge is 2.30. The third-order valence-corrected chi connectivity index (χ3v) is 5.70. The van der Waals surface area contributed by atoms with Gasteiger partial charge >= 0.3 is 0 Å². The molecular weight excluding hydrogens is 304 g/mol. The summed E-state index contributed by atoms with van der Waals surface area (Å²) in [6.45, 7) is 9.63. The SMILES string of the molecule is Cc1n[nH]c(C)c1CNCCS(=O)(=O)N1C[C@@H](C)O[C@@H](C)C1. The Morgan fingerprint density at radius 2 is 1.95 bits per heavy atom. The summed E-state index contributed by atoms with van der Waals surface area (Å²) in [6, 6.07) is 0. The summed E-state index contributed by atoms with van der Waals surface area (Å²) in [5.74, 6) is 0.0996. The zero-order valence-electron chi connectivity index (χ0n) is 13.7. The minimum atomic E-state index is -3.24. The molecule has 1 saturated heterocycles. The van der Waals surface area contributed by atoms with E-state index in [1.807, 2.05) is 27.7 Å². The van der Waals surface area contributed by atoms with Crippen LogP contribution in [0.1, 0.15) is 30.8 Å². The molecule has 1 aromatic heterocycles. The Labute approximate surface area is 132 Å². The van der Waals surface area contributed by atoms with Crippen molar-refractivity contribution in [1.82, 2.24) is 19.8 Å². The molecule has 2 N–H and O–H groups in total. The lowest BCUT2D eigenvalue weighted by Gasteiger charge is -2.34. The van der Waals surface area contributed by atoms with Gasteiger partial charge in [0.25, 0.3) is 0 Å². The number of sulfonamides is 1. The van der Waals surface area contributed by atoms with Crippen molar-refractivity contribution in [3.8, 4) is 0 Å². The monoisotopic (exact) mass is 330 g/mol. The van der Waals surface area contributed by atoms with Crippen LogP contribution in [0.15, 0.2) is 0 Å². The van der Waals surface area contributed by atoms with E-state index in [0.29, 0.717) is 26.2 Å². The topological polar surface area (TPSA) is 87.3 Å². The molecule has 7 nitrogen and oxygen atoms in total. The molecule has 2 atom stereocenters. The average Bonchev–Trinajstić information content (AvgIpc) is 2.73. The van der Waals surface area contributed by atoms with Crippen LogP contribution in [0.5, 0.6) is 0 Å². The van der Waals surface area contributed by atoms with Crippen LogP contribution in [-0.4, -0.2) is 60.5 Å². The summed E-state index contributed by atoms with van der Waals surface area (Å²) in [5.41, 5.74) is 3.07. The van der Waals surface area contributed by atoms with Gasteiger partial charge < -0.3 is 10.1 Å². The lowest BCUT2D eigenvalue weighted by molar-refractivity contribution is -0.0440. The molecule has 1 aromatic rings. The summed E-state index contributed by atoms with van der Waals surface area (Å²) in [4.78, 5) is 0. The summed E-state index contributed by atoms with van der Waals surface area (Å²) < 4.78 is 31.9. The Morgan fingerprint density at radius 3 is 2.50 bits per heavy atom. The molecule has 8 heteroatoms. The third kappa shape index (κ3) is 4.28. The fourth-order valence-electron chi connectivity index (χ4n) is 2.74. The van der Waals surface area contributed by atoms with Crippen molar-refractivity contribution in [2.45, 2.75) is 46.4 Å². The molecular formula is C14H26N4O3S. The Kier molecular flexibility index (Phi) is 5.60. The maximum absolute atomic E-state index is 12.4. The number of ether oxygens (including phenoxy) is 1. The number of nitrogens with zero attached hydrogens (tertiary/aromatic N) is 2. The number of morpholine rings is 1. The van der Waals surface area contributed by atoms with Crippen molar-refractivity contribution in [1.29, 1.82) is 0 Å². The first-order valence-corrected chi connectivity index (χ1v) is 9.25. The Morgan fingerprint density at radius 1 is 1.32 bits per heavy atom. The fraction of sp³-hybridized carbons (Fsp3) is 0.786. The van der Waals surface area contributed by atoms with Crippen molar-refractivity contribution in [3.63, 3.8) is 0 Å². The van der Waals surface area contributed by atoms with Crippen molar-refractivity contribution < 1.29 is 13.2 Å². The molecule has 22 heavy (non-hydrogen) atoms. The predicted octanol–water partition coefficient (Wildman–Crippen LogP) is 0.555. The summed E-state index contributed by atoms with van der Waals surface area (Å²) in [6.07, 6.45) is -0.106. The molecule has 0 bridgehead atoms. The van der Waals surface area contributed by atoms with E-state index < -0.39 is 10.0 Å². The van der Waals surface area contributed by atoms with Gasteiger partial charge in [-0.1, -0.05) is 0 Å². The molecule has 2 heterocycles. The van der Waals surface area contributed by atoms with Crippen molar-refractivity contribution in [2.24, 2.45) is 0 Å². The second-order valence-corrected chi connectivity index (χ2v) is 8.07. The Hall–Kier alpha value is -0.960. The van der Waals surface area contributed by atoms with Gasteiger partial charge in [-0.2, -0.15) is 9.40 Å². The van der Waals surface area contributed by atoms with Gasteiger partial charge in [0.1, 0.15) is 0 Å². The van der Waals surface area contributed by atoms with E-state index in [-0.39, 0.29) is 18.0 Å². The van der Waals surface area contributed by atoms with Gasteiger partial charge in [0, 0.05) is 37.4 Å². The van der Waals surface area contributed by atoms with Gasteiger partial charge in [0.05, 0.1) is 23.7 Å². The molecule has 0 radical (unpaired) electrons. The fourth-order valence-corrected chi connectivity index (χ4v) is 4.27. The number of nitrogens with one attached hydrogen (secondary N) is 2. The Balaban J connectivity index is 1.83. The van der Waals surface area contributed by atoms with Gasteiger partial charge in [-0.25, -0.2) is 8.42 Å². The quantitative estimate of drug-likeness (QED) is 0.744. The molecule has 1 aliphatic rings. The molecule has 0 aliphatic carbocycles. The smallest absolute Gasteiger partial charge is 0.215 e. The van der Waals surface area contributed by atoms with E-state index in [1.165, 1.54) is 0 Å². The first-order chi connectivity index (χ1) is 10.3. The van der Waals surface area contributed by atoms with Crippen LogP contribution in [0.2, 0.25) is 0 Å². The minimum Gasteiger partial charge on any atom is -0.373 e. The lowest BCUT2D eigenvalue weighted by atomic mass is 10.2. The molecule has 0 amide bonds. The maximum atomic E-state index is 12.4. The molecule has 1 aliphatic heterocycles. The van der Waals surface area contributed by atoms with E-state index >= 15 is 0 Å². The first-order valence-electron chi connectivity index (χ1n) is 7.64. The van der Waals surface area contributed by atoms with E-state index in [1.54, 1.807) is 4.31 Å². The van der Waals surface area contributed by atoms with E-state index in [2.05, 4.69) is 15.5 Å². The number of aryl methyl sites for hydroxylation is 2. The molecule has 126 valence electrons. The first kappa shape index (κ1) is 17.4. The second kappa shape index (κ2) is 7.08. The zero-order chi connectivity index (χ0) is 16.3. The van der Waals surface area contributed by atoms with E-state index in [4.69, 9.17) is 4.74 Å². The van der Waals surface area contributed by atoms with Crippen LogP contribution in [0.25, 0.3) is 0 Å². The number of hydrogen-bond acceptors (Lipinski definition) is 5. The molecule has 0 unspecified atom stereocenters. The summed E-state index contributed by atoms with van der Waals surface area (Å²) in [7, 11) is -3.24. The molecule has 0 saturated carbocycles. The largest absolute Gasteiger partial charge is 0.373 e. The van der Waals surface area contributed by atoms with Crippen molar-refractivity contribution >= 4 is 10.0 Å². The standard InChI is InChI=1S/C14H26N4O3S/c1-10-8-18(9-11(2)21-10)22(19,20)6-5-15-7-14-12(3)16-17-13(14)4/h10-11,15H,5-9H2,1-4H3,(H,16,17)/t10-,11+. The van der Waals surface area contributed by atoms with E-state index in [9.17, 15) is 8.42 Å². The van der Waals surface area contributed by atoms with E-state index in [0.717, 1.165) is 17.0 Å². The summed E-state index contributed by atoms with van der Waals surface area (Å²) in [5, 5.41) is 10.2. The van der Waals surface area contributed by atoms with Gasteiger partial charge in [0.15, 0.2) is 0 Å². The summed E-state index contributed by atoms with van der Waals surface area (Å²) >= 11 is 0. The second-order valence-electron chi connectivity index (χ2n) is 5.98. The minimum absolute atomic E-state index is 0.0530. The molecule has 0 aromatic carbocycles. The lowest BCUT2D eigenvalue weighted by Crippen LogP contribution is -2.49. The maximum Gasteiger partial charge on any atom is 0.215 e. The average molecular weight is 330 g/mol. The third-order valence-electron chi connectivity index (χ3n) is 3.90. The molecule has 1 fully saturated rings. The normalized spacial score (nSPS) is 23.8. The van der Waals surface area contributed by atoms with Gasteiger partial charge in [0.2, 0.25) is 10.0 Å². The van der Waals surface area contributed by atoms with Crippen LogP contribution in [0.3, 0.4) is 0 Å². The van der Waals surface area contributed by atoms with Gasteiger partial charge in [-0.3, -0.25) is 5.10 Å². The number of hydrogen-bond donors (Lipinski definition) is 2. The Bertz CT molecular complexity index is 570. The predicted molar refractivity (Wildman–Crippen MR) is 85.1 cm³/mol. The highest BCUT2D eigenvalue weighted by atomic mass is 32.2. The van der Waals surface area contributed by atoms with Gasteiger partial charge in [-0.15, -0.1) is 0 Å². The zero-order valence-corrected chi connectivity index (χ0v) is 14.5. The number of aromatic nitrogens is 2.